The Morgan fingerprint density at radius 1 is 1.05 bits per heavy atom. The lowest BCUT2D eigenvalue weighted by Crippen LogP contribution is -2.53. The van der Waals surface area contributed by atoms with Gasteiger partial charge in [-0.2, -0.15) is 15.2 Å². The maximum absolute atomic E-state index is 13.7. The molecule has 0 saturated carbocycles. The van der Waals surface area contributed by atoms with E-state index in [1.165, 1.54) is 10.9 Å². The minimum Gasteiger partial charge on any atom is -0.341 e. The van der Waals surface area contributed by atoms with E-state index in [0.29, 0.717) is 29.9 Å². The number of likely N-dealkylation sites (tertiary alicyclic amines) is 1. The Hall–Kier alpha value is -4.35. The largest absolute Gasteiger partial charge is 0.341 e. The monoisotopic (exact) mass is 530 g/mol. The van der Waals surface area contributed by atoms with Crippen LogP contribution < -0.4 is 10.2 Å². The van der Waals surface area contributed by atoms with Gasteiger partial charge in [-0.3, -0.25) is 9.89 Å². The third-order valence-corrected chi connectivity index (χ3v) is 7.60. The second-order valence-electron chi connectivity index (χ2n) is 10.5. The second kappa shape index (κ2) is 10.1. The number of hydrogen-bond donors (Lipinski definition) is 2. The Morgan fingerprint density at radius 3 is 2.59 bits per heavy atom. The molecule has 6 rings (SSSR count). The third kappa shape index (κ3) is 5.18. The van der Waals surface area contributed by atoms with Crippen molar-refractivity contribution in [3.05, 3.63) is 65.6 Å². The van der Waals surface area contributed by atoms with E-state index in [0.717, 1.165) is 68.5 Å². The molecule has 6 heterocycles. The fourth-order valence-corrected chi connectivity index (χ4v) is 5.57. The lowest BCUT2D eigenvalue weighted by atomic mass is 9.71. The Labute approximate surface area is 225 Å². The Balaban J connectivity index is 1.10. The summed E-state index contributed by atoms with van der Waals surface area (Å²) < 4.78 is 14.7. The number of halogens is 1. The molecular formula is C27H31FN10O. The highest BCUT2D eigenvalue weighted by Crippen LogP contribution is 2.42. The maximum Gasteiger partial charge on any atom is 0.229 e. The topological polar surface area (TPSA) is 121 Å². The average molecular weight is 531 g/mol. The second-order valence-corrected chi connectivity index (χ2v) is 10.5. The van der Waals surface area contributed by atoms with Crippen LogP contribution in [0.3, 0.4) is 0 Å². The van der Waals surface area contributed by atoms with Crippen molar-refractivity contribution in [3.8, 4) is 5.82 Å². The van der Waals surface area contributed by atoms with Crippen molar-refractivity contribution in [2.45, 2.75) is 46.1 Å². The zero-order valence-electron chi connectivity index (χ0n) is 22.1. The van der Waals surface area contributed by atoms with Gasteiger partial charge in [-0.25, -0.2) is 19.0 Å². The summed E-state index contributed by atoms with van der Waals surface area (Å²) in [5.74, 6) is 2.42. The van der Waals surface area contributed by atoms with E-state index in [9.17, 15) is 9.18 Å². The quantitative estimate of drug-likeness (QED) is 0.387. The summed E-state index contributed by atoms with van der Waals surface area (Å²) in [4.78, 5) is 31.7. The minimum atomic E-state index is -0.411. The van der Waals surface area contributed by atoms with Gasteiger partial charge in [0.1, 0.15) is 5.82 Å². The number of aromatic nitrogens is 7. The van der Waals surface area contributed by atoms with E-state index in [4.69, 9.17) is 4.98 Å². The number of aromatic amines is 1. The van der Waals surface area contributed by atoms with E-state index >= 15 is 0 Å². The van der Waals surface area contributed by atoms with Crippen LogP contribution in [0.25, 0.3) is 5.82 Å². The molecule has 2 aliphatic heterocycles. The van der Waals surface area contributed by atoms with Crippen molar-refractivity contribution < 1.29 is 9.18 Å². The fourth-order valence-electron chi connectivity index (χ4n) is 5.57. The summed E-state index contributed by atoms with van der Waals surface area (Å²) in [7, 11) is 0. The van der Waals surface area contributed by atoms with Crippen molar-refractivity contribution >= 4 is 23.5 Å². The van der Waals surface area contributed by atoms with Crippen LogP contribution in [0.1, 0.15) is 42.6 Å². The van der Waals surface area contributed by atoms with Crippen LogP contribution in [0.5, 0.6) is 0 Å². The lowest BCUT2D eigenvalue weighted by molar-refractivity contribution is -0.148. The molecule has 0 aliphatic carbocycles. The number of amides is 1. The highest BCUT2D eigenvalue weighted by molar-refractivity contribution is 5.84. The Bertz CT molecular complexity index is 1470. The summed E-state index contributed by atoms with van der Waals surface area (Å²) in [6.45, 7) is 6.59. The molecule has 2 saturated heterocycles. The molecule has 12 heteroatoms. The molecule has 4 aromatic rings. The number of pyridine rings is 1. The molecule has 1 amide bonds. The molecule has 0 aromatic carbocycles. The minimum absolute atomic E-state index is 0.216. The van der Waals surface area contributed by atoms with Crippen LogP contribution in [0, 0.1) is 25.1 Å². The SMILES string of the molecule is Cc1cc(Nc2cc(C)[nH]n2)nc(N2CCC3(CCCN(Cc4ccc(-n5cc(F)cn5)nc4)C3=O)CC2)n1. The average Bonchev–Trinajstić information content (AvgIpc) is 3.55. The normalized spacial score (nSPS) is 17.2. The molecule has 0 atom stereocenters. The smallest absolute Gasteiger partial charge is 0.229 e. The first-order valence-electron chi connectivity index (χ1n) is 13.2. The van der Waals surface area contributed by atoms with Gasteiger partial charge in [0.15, 0.2) is 17.5 Å². The van der Waals surface area contributed by atoms with Crippen molar-refractivity contribution in [1.29, 1.82) is 0 Å². The molecule has 2 aliphatic rings. The standard InChI is InChI=1S/C27H31FN10O/c1-18-12-22(32-23-13-19(2)34-35-23)33-26(31-18)36-10-7-27(8-11-36)6-3-9-37(25(27)39)16-20-4-5-24(29-14-20)38-17-21(28)15-30-38/h4-5,12-15,17H,3,6-11,16H2,1-2H3,(H2,31,32,33,34,35). The van der Waals surface area contributed by atoms with Gasteiger partial charge in [0, 0.05) is 55.9 Å². The highest BCUT2D eigenvalue weighted by atomic mass is 19.1. The predicted octanol–water partition coefficient (Wildman–Crippen LogP) is 3.69. The molecule has 0 radical (unpaired) electrons. The molecule has 0 unspecified atom stereocenters. The van der Waals surface area contributed by atoms with Crippen LogP contribution >= 0.6 is 0 Å². The van der Waals surface area contributed by atoms with Gasteiger partial charge < -0.3 is 15.1 Å². The fraction of sp³-hybridized carbons (Fsp3) is 0.407. The molecule has 2 N–H and O–H groups in total. The molecule has 2 fully saturated rings. The molecule has 4 aromatic heterocycles. The number of piperidine rings is 2. The molecule has 202 valence electrons. The van der Waals surface area contributed by atoms with E-state index in [1.54, 1.807) is 12.3 Å². The van der Waals surface area contributed by atoms with Gasteiger partial charge in [-0.05, 0) is 51.2 Å². The molecule has 1 spiro atoms. The summed E-state index contributed by atoms with van der Waals surface area (Å²) in [6.07, 6.45) is 7.57. The van der Waals surface area contributed by atoms with Gasteiger partial charge in [0.05, 0.1) is 17.8 Å². The van der Waals surface area contributed by atoms with Crippen molar-refractivity contribution in [2.24, 2.45) is 5.41 Å². The number of carbonyl (C=O) groups excluding carboxylic acids is 1. The van der Waals surface area contributed by atoms with Gasteiger partial charge in [-0.15, -0.1) is 0 Å². The van der Waals surface area contributed by atoms with E-state index < -0.39 is 5.82 Å². The zero-order chi connectivity index (χ0) is 27.0. The summed E-state index contributed by atoms with van der Waals surface area (Å²) in [5, 5.41) is 14.4. The Morgan fingerprint density at radius 2 is 1.90 bits per heavy atom. The molecule has 39 heavy (non-hydrogen) atoms. The number of nitrogens with one attached hydrogen (secondary N) is 2. The third-order valence-electron chi connectivity index (χ3n) is 7.60. The van der Waals surface area contributed by atoms with Crippen LogP contribution in [0.2, 0.25) is 0 Å². The van der Waals surface area contributed by atoms with Gasteiger partial charge in [0.25, 0.3) is 0 Å². The summed E-state index contributed by atoms with van der Waals surface area (Å²) >= 11 is 0. The van der Waals surface area contributed by atoms with Crippen LogP contribution in [0.15, 0.2) is 42.9 Å². The molecule has 0 bridgehead atoms. The van der Waals surface area contributed by atoms with E-state index in [2.05, 4.69) is 35.5 Å². The number of carbonyl (C=O) groups is 1. The summed E-state index contributed by atoms with van der Waals surface area (Å²) in [6, 6.07) is 7.54. The van der Waals surface area contributed by atoms with Crippen molar-refractivity contribution in [1.82, 2.24) is 39.8 Å². The first-order chi connectivity index (χ1) is 18.9. The lowest BCUT2D eigenvalue weighted by Gasteiger charge is -2.46. The number of nitrogens with zero attached hydrogens (tertiary/aromatic N) is 8. The predicted molar refractivity (Wildman–Crippen MR) is 143 cm³/mol. The van der Waals surface area contributed by atoms with Gasteiger partial charge in [-0.1, -0.05) is 6.07 Å². The molecule has 11 nitrogen and oxygen atoms in total. The first kappa shape index (κ1) is 25.0. The number of hydrogen-bond acceptors (Lipinski definition) is 8. The number of aryl methyl sites for hydroxylation is 2. The van der Waals surface area contributed by atoms with Gasteiger partial charge in [0.2, 0.25) is 11.9 Å². The van der Waals surface area contributed by atoms with Crippen LogP contribution in [-0.4, -0.2) is 65.4 Å². The van der Waals surface area contributed by atoms with Crippen LogP contribution in [0.4, 0.5) is 22.0 Å². The summed E-state index contributed by atoms with van der Waals surface area (Å²) in [5.41, 5.74) is 2.42. The highest BCUT2D eigenvalue weighted by Gasteiger charge is 2.46. The zero-order valence-corrected chi connectivity index (χ0v) is 22.1. The van der Waals surface area contributed by atoms with E-state index in [1.807, 2.05) is 36.9 Å². The first-order valence-corrected chi connectivity index (χ1v) is 13.2. The molecular weight excluding hydrogens is 499 g/mol. The van der Waals surface area contributed by atoms with Gasteiger partial charge >= 0.3 is 0 Å². The van der Waals surface area contributed by atoms with Crippen molar-refractivity contribution in [2.75, 3.05) is 29.9 Å². The van der Waals surface area contributed by atoms with Crippen molar-refractivity contribution in [3.63, 3.8) is 0 Å². The number of anilines is 3. The van der Waals surface area contributed by atoms with Crippen LogP contribution in [-0.2, 0) is 11.3 Å². The maximum atomic E-state index is 13.7. The number of H-pyrrole nitrogens is 1. The Kier molecular flexibility index (Phi) is 6.45. The number of rotatable bonds is 6. The van der Waals surface area contributed by atoms with E-state index in [-0.39, 0.29) is 11.3 Å².